The van der Waals surface area contributed by atoms with Crippen LogP contribution in [0.5, 0.6) is 0 Å². The highest BCUT2D eigenvalue weighted by atomic mass is 16.4. The summed E-state index contributed by atoms with van der Waals surface area (Å²) < 4.78 is 5.62. The van der Waals surface area contributed by atoms with Crippen LogP contribution in [0.4, 0.5) is 0 Å². The molecule has 0 aliphatic rings. The van der Waals surface area contributed by atoms with Gasteiger partial charge in [0.2, 0.25) is 0 Å². The Bertz CT molecular complexity index is 445. The Balaban J connectivity index is 2.00. The average molecular weight is 215 g/mol. The van der Waals surface area contributed by atoms with Crippen LogP contribution in [0.15, 0.2) is 34.7 Å². The maximum atomic E-state index is 5.62. The Morgan fingerprint density at radius 1 is 1.12 bits per heavy atom. The molecule has 0 amide bonds. The lowest BCUT2D eigenvalue weighted by atomic mass is 10.1. The van der Waals surface area contributed by atoms with Crippen molar-refractivity contribution in [1.29, 1.82) is 0 Å². The van der Waals surface area contributed by atoms with Crippen LogP contribution in [0.25, 0.3) is 0 Å². The van der Waals surface area contributed by atoms with Crippen LogP contribution in [0.3, 0.4) is 0 Å². The van der Waals surface area contributed by atoms with Crippen molar-refractivity contribution in [1.82, 2.24) is 4.98 Å². The van der Waals surface area contributed by atoms with Crippen LogP contribution in [0.1, 0.15) is 29.8 Å². The first-order valence-corrected chi connectivity index (χ1v) is 5.78. The van der Waals surface area contributed by atoms with Gasteiger partial charge in [-0.2, -0.15) is 0 Å². The molecule has 1 heterocycles. The number of rotatable bonds is 4. The van der Waals surface area contributed by atoms with E-state index >= 15 is 0 Å². The minimum atomic E-state index is 0.859. The summed E-state index contributed by atoms with van der Waals surface area (Å²) in [6, 6.07) is 10.4. The van der Waals surface area contributed by atoms with E-state index < -0.39 is 0 Å². The zero-order chi connectivity index (χ0) is 11.4. The van der Waals surface area contributed by atoms with Gasteiger partial charge in [-0.3, -0.25) is 0 Å². The van der Waals surface area contributed by atoms with Crippen LogP contribution < -0.4 is 0 Å². The molecule has 0 N–H and O–H groups in total. The Morgan fingerprint density at radius 3 is 2.50 bits per heavy atom. The molecule has 2 nitrogen and oxygen atoms in total. The van der Waals surface area contributed by atoms with Crippen molar-refractivity contribution < 1.29 is 4.42 Å². The maximum absolute atomic E-state index is 5.62. The van der Waals surface area contributed by atoms with Crippen molar-refractivity contribution >= 4 is 0 Å². The third-order valence-corrected chi connectivity index (χ3v) is 2.74. The number of oxazole rings is 1. The summed E-state index contributed by atoms with van der Waals surface area (Å²) in [4.78, 5) is 4.48. The Labute approximate surface area is 96.3 Å². The minimum absolute atomic E-state index is 0.859. The van der Waals surface area contributed by atoms with Crippen LogP contribution in [0, 0.1) is 6.92 Å². The SMILES string of the molecule is CCc1nc(CCc2ccccc2)oc1C. The Hall–Kier alpha value is -1.57. The van der Waals surface area contributed by atoms with Gasteiger partial charge in [-0.05, 0) is 25.3 Å². The van der Waals surface area contributed by atoms with E-state index in [1.165, 1.54) is 5.56 Å². The predicted molar refractivity (Wildman–Crippen MR) is 64.5 cm³/mol. The van der Waals surface area contributed by atoms with Crippen molar-refractivity contribution in [3.8, 4) is 0 Å². The van der Waals surface area contributed by atoms with E-state index in [4.69, 9.17) is 4.42 Å². The summed E-state index contributed by atoms with van der Waals surface area (Å²) in [7, 11) is 0. The molecule has 0 atom stereocenters. The summed E-state index contributed by atoms with van der Waals surface area (Å²) >= 11 is 0. The van der Waals surface area contributed by atoms with Gasteiger partial charge in [0.05, 0.1) is 5.69 Å². The zero-order valence-corrected chi connectivity index (χ0v) is 9.86. The highest BCUT2D eigenvalue weighted by Crippen LogP contribution is 2.12. The standard InChI is InChI=1S/C14H17NO/c1-3-13-11(2)16-14(15-13)10-9-12-7-5-4-6-8-12/h4-8H,3,9-10H2,1-2H3. The van der Waals surface area contributed by atoms with Crippen molar-refractivity contribution in [3.63, 3.8) is 0 Å². The van der Waals surface area contributed by atoms with Gasteiger partial charge in [-0.1, -0.05) is 37.3 Å². The molecule has 0 aliphatic carbocycles. The summed E-state index contributed by atoms with van der Waals surface area (Å²) in [5.41, 5.74) is 2.42. The third kappa shape index (κ3) is 2.51. The topological polar surface area (TPSA) is 26.0 Å². The Kier molecular flexibility index (Phi) is 3.40. The lowest BCUT2D eigenvalue weighted by Crippen LogP contribution is -1.91. The molecular weight excluding hydrogens is 198 g/mol. The molecule has 2 aromatic rings. The van der Waals surface area contributed by atoms with Crippen LogP contribution >= 0.6 is 0 Å². The molecule has 0 saturated carbocycles. The summed E-state index contributed by atoms with van der Waals surface area (Å²) in [5, 5.41) is 0. The van der Waals surface area contributed by atoms with Gasteiger partial charge < -0.3 is 4.42 Å². The molecular formula is C14H17NO. The van der Waals surface area contributed by atoms with Gasteiger partial charge in [0.1, 0.15) is 5.76 Å². The minimum Gasteiger partial charge on any atom is -0.446 e. The smallest absolute Gasteiger partial charge is 0.194 e. The molecule has 2 rings (SSSR count). The second-order valence-electron chi connectivity index (χ2n) is 3.95. The highest BCUT2D eigenvalue weighted by molar-refractivity contribution is 5.16. The largest absolute Gasteiger partial charge is 0.446 e. The highest BCUT2D eigenvalue weighted by Gasteiger charge is 2.07. The van der Waals surface area contributed by atoms with Crippen molar-refractivity contribution in [2.24, 2.45) is 0 Å². The molecule has 1 aromatic heterocycles. The molecule has 16 heavy (non-hydrogen) atoms. The molecule has 0 spiro atoms. The van der Waals surface area contributed by atoms with E-state index in [0.29, 0.717) is 0 Å². The molecule has 0 fully saturated rings. The van der Waals surface area contributed by atoms with E-state index in [0.717, 1.165) is 36.6 Å². The van der Waals surface area contributed by atoms with Crippen molar-refractivity contribution in [2.75, 3.05) is 0 Å². The molecule has 84 valence electrons. The van der Waals surface area contributed by atoms with E-state index in [1.807, 2.05) is 13.0 Å². The molecule has 0 bridgehead atoms. The van der Waals surface area contributed by atoms with Gasteiger partial charge in [-0.25, -0.2) is 4.98 Å². The molecule has 0 unspecified atom stereocenters. The number of aryl methyl sites for hydroxylation is 4. The summed E-state index contributed by atoms with van der Waals surface area (Å²) in [5.74, 6) is 1.82. The fourth-order valence-electron chi connectivity index (χ4n) is 1.82. The number of benzene rings is 1. The average Bonchev–Trinajstić information content (AvgIpc) is 2.69. The number of hydrogen-bond acceptors (Lipinski definition) is 2. The van der Waals surface area contributed by atoms with E-state index in [2.05, 4.69) is 36.2 Å². The predicted octanol–water partition coefficient (Wildman–Crippen LogP) is 3.33. The van der Waals surface area contributed by atoms with Gasteiger partial charge in [0.15, 0.2) is 5.89 Å². The third-order valence-electron chi connectivity index (χ3n) is 2.74. The lowest BCUT2D eigenvalue weighted by Gasteiger charge is -1.97. The van der Waals surface area contributed by atoms with Gasteiger partial charge >= 0.3 is 0 Å². The van der Waals surface area contributed by atoms with Crippen molar-refractivity contribution in [2.45, 2.75) is 33.1 Å². The number of aromatic nitrogens is 1. The molecule has 2 heteroatoms. The number of nitrogens with zero attached hydrogens (tertiary/aromatic N) is 1. The molecule has 0 saturated heterocycles. The first-order valence-electron chi connectivity index (χ1n) is 5.78. The Morgan fingerprint density at radius 2 is 1.88 bits per heavy atom. The second-order valence-corrected chi connectivity index (χ2v) is 3.95. The van der Waals surface area contributed by atoms with Gasteiger partial charge in [0, 0.05) is 6.42 Å². The molecule has 0 radical (unpaired) electrons. The fraction of sp³-hybridized carbons (Fsp3) is 0.357. The first-order chi connectivity index (χ1) is 7.79. The second kappa shape index (κ2) is 4.97. The van der Waals surface area contributed by atoms with E-state index in [1.54, 1.807) is 0 Å². The molecule has 0 aliphatic heterocycles. The van der Waals surface area contributed by atoms with Gasteiger partial charge in [-0.15, -0.1) is 0 Å². The number of hydrogen-bond donors (Lipinski definition) is 0. The van der Waals surface area contributed by atoms with E-state index in [-0.39, 0.29) is 0 Å². The monoisotopic (exact) mass is 215 g/mol. The van der Waals surface area contributed by atoms with E-state index in [9.17, 15) is 0 Å². The normalized spacial score (nSPS) is 10.6. The van der Waals surface area contributed by atoms with Crippen LogP contribution in [-0.2, 0) is 19.3 Å². The quantitative estimate of drug-likeness (QED) is 0.781. The summed E-state index contributed by atoms with van der Waals surface area (Å²) in [6.45, 7) is 4.09. The first kappa shape index (κ1) is 10.9. The van der Waals surface area contributed by atoms with Crippen molar-refractivity contribution in [3.05, 3.63) is 53.2 Å². The maximum Gasteiger partial charge on any atom is 0.194 e. The fourth-order valence-corrected chi connectivity index (χ4v) is 1.82. The van der Waals surface area contributed by atoms with Crippen LogP contribution in [0.2, 0.25) is 0 Å². The van der Waals surface area contributed by atoms with Crippen LogP contribution in [-0.4, -0.2) is 4.98 Å². The van der Waals surface area contributed by atoms with Gasteiger partial charge in [0.25, 0.3) is 0 Å². The zero-order valence-electron chi connectivity index (χ0n) is 9.86. The summed E-state index contributed by atoms with van der Waals surface area (Å²) in [6.07, 6.45) is 2.81. The molecule has 1 aromatic carbocycles. The lowest BCUT2D eigenvalue weighted by molar-refractivity contribution is 0.469.